The minimum Gasteiger partial charge on any atom is -0.422 e. The standard InChI is InChI=1S/C12H9BrO2S/c1-8-2-4-9(5-3-8)15-12(14)11-10(13)6-7-16-11/h2-7H,1H3. The first-order valence-corrected chi connectivity index (χ1v) is 6.36. The second kappa shape index (κ2) is 4.80. The summed E-state index contributed by atoms with van der Waals surface area (Å²) >= 11 is 4.66. The molecule has 0 aliphatic rings. The lowest BCUT2D eigenvalue weighted by molar-refractivity contribution is 0.0739. The Labute approximate surface area is 106 Å². The van der Waals surface area contributed by atoms with Crippen molar-refractivity contribution in [2.75, 3.05) is 0 Å². The average molecular weight is 297 g/mol. The van der Waals surface area contributed by atoms with E-state index < -0.39 is 0 Å². The fraction of sp³-hybridized carbons (Fsp3) is 0.0833. The number of ether oxygens (including phenoxy) is 1. The first-order valence-electron chi connectivity index (χ1n) is 4.68. The van der Waals surface area contributed by atoms with Gasteiger partial charge in [0.05, 0.1) is 0 Å². The van der Waals surface area contributed by atoms with Crippen molar-refractivity contribution < 1.29 is 9.53 Å². The number of hydrogen-bond acceptors (Lipinski definition) is 3. The van der Waals surface area contributed by atoms with E-state index in [4.69, 9.17) is 4.74 Å². The highest BCUT2D eigenvalue weighted by molar-refractivity contribution is 9.10. The van der Waals surface area contributed by atoms with Crippen molar-refractivity contribution in [1.82, 2.24) is 0 Å². The van der Waals surface area contributed by atoms with Crippen LogP contribution >= 0.6 is 27.3 Å². The molecule has 1 aromatic heterocycles. The normalized spacial score (nSPS) is 10.1. The Morgan fingerprint density at radius 2 is 1.94 bits per heavy atom. The number of thiophene rings is 1. The van der Waals surface area contributed by atoms with Crippen LogP contribution in [0.3, 0.4) is 0 Å². The lowest BCUT2D eigenvalue weighted by Gasteiger charge is -2.03. The van der Waals surface area contributed by atoms with Gasteiger partial charge in [0.1, 0.15) is 10.6 Å². The Balaban J connectivity index is 2.14. The zero-order valence-corrected chi connectivity index (χ0v) is 11.0. The smallest absolute Gasteiger partial charge is 0.354 e. The maximum Gasteiger partial charge on any atom is 0.354 e. The molecule has 0 amide bonds. The van der Waals surface area contributed by atoms with Crippen molar-refractivity contribution in [2.24, 2.45) is 0 Å². The van der Waals surface area contributed by atoms with E-state index in [-0.39, 0.29) is 5.97 Å². The highest BCUT2D eigenvalue weighted by Gasteiger charge is 2.13. The number of carbonyl (C=O) groups is 1. The molecule has 16 heavy (non-hydrogen) atoms. The molecule has 0 spiro atoms. The molecule has 1 heterocycles. The number of carbonyl (C=O) groups excluding carboxylic acids is 1. The second-order valence-electron chi connectivity index (χ2n) is 3.30. The summed E-state index contributed by atoms with van der Waals surface area (Å²) in [6.45, 7) is 1.99. The number of rotatable bonds is 2. The van der Waals surface area contributed by atoms with Gasteiger partial charge in [0.25, 0.3) is 0 Å². The molecule has 82 valence electrons. The molecule has 0 N–H and O–H groups in total. The quantitative estimate of drug-likeness (QED) is 0.618. The molecule has 1 aromatic carbocycles. The number of benzene rings is 1. The summed E-state index contributed by atoms with van der Waals surface area (Å²) in [5.41, 5.74) is 1.14. The molecule has 0 aliphatic heterocycles. The summed E-state index contributed by atoms with van der Waals surface area (Å²) in [5, 5.41) is 1.84. The molecular formula is C12H9BrO2S. The predicted molar refractivity (Wildman–Crippen MR) is 68.2 cm³/mol. The van der Waals surface area contributed by atoms with Gasteiger partial charge in [-0.1, -0.05) is 17.7 Å². The molecular weight excluding hydrogens is 288 g/mol. The van der Waals surface area contributed by atoms with Crippen LogP contribution in [0.4, 0.5) is 0 Å². The molecule has 0 saturated carbocycles. The molecule has 0 fully saturated rings. The van der Waals surface area contributed by atoms with Crippen LogP contribution in [0.1, 0.15) is 15.2 Å². The molecule has 0 radical (unpaired) electrons. The van der Waals surface area contributed by atoms with E-state index in [1.807, 2.05) is 30.5 Å². The van der Waals surface area contributed by atoms with Gasteiger partial charge in [-0.2, -0.15) is 0 Å². The third-order valence-corrected chi connectivity index (χ3v) is 3.85. The van der Waals surface area contributed by atoms with Crippen molar-refractivity contribution in [3.8, 4) is 5.75 Å². The number of halogens is 1. The zero-order valence-electron chi connectivity index (χ0n) is 8.57. The van der Waals surface area contributed by atoms with E-state index in [2.05, 4.69) is 15.9 Å². The Bertz CT molecular complexity index is 502. The lowest BCUT2D eigenvalue weighted by atomic mass is 10.2. The Morgan fingerprint density at radius 1 is 1.25 bits per heavy atom. The van der Waals surface area contributed by atoms with E-state index in [0.29, 0.717) is 10.6 Å². The monoisotopic (exact) mass is 296 g/mol. The minimum atomic E-state index is -0.328. The van der Waals surface area contributed by atoms with Crippen molar-refractivity contribution >= 4 is 33.2 Å². The molecule has 2 nitrogen and oxygen atoms in total. The molecule has 4 heteroatoms. The maximum absolute atomic E-state index is 11.7. The van der Waals surface area contributed by atoms with Gasteiger partial charge in [-0.05, 0) is 46.4 Å². The third kappa shape index (κ3) is 2.51. The summed E-state index contributed by atoms with van der Waals surface area (Å²) < 4.78 is 6.01. The van der Waals surface area contributed by atoms with Crippen LogP contribution in [0, 0.1) is 6.92 Å². The highest BCUT2D eigenvalue weighted by atomic mass is 79.9. The van der Waals surface area contributed by atoms with Crippen LogP contribution in [0.15, 0.2) is 40.2 Å². The van der Waals surface area contributed by atoms with E-state index in [1.54, 1.807) is 12.1 Å². The van der Waals surface area contributed by atoms with Crippen molar-refractivity contribution in [3.05, 3.63) is 50.6 Å². The van der Waals surface area contributed by atoms with Gasteiger partial charge in [-0.3, -0.25) is 0 Å². The van der Waals surface area contributed by atoms with E-state index in [0.717, 1.165) is 10.0 Å². The van der Waals surface area contributed by atoms with E-state index in [9.17, 15) is 4.79 Å². The molecule has 0 unspecified atom stereocenters. The fourth-order valence-electron chi connectivity index (χ4n) is 1.20. The van der Waals surface area contributed by atoms with Gasteiger partial charge in [0, 0.05) is 4.47 Å². The summed E-state index contributed by atoms with van der Waals surface area (Å²) in [5.74, 6) is 0.238. The van der Waals surface area contributed by atoms with E-state index in [1.165, 1.54) is 11.3 Å². The molecule has 0 saturated heterocycles. The van der Waals surface area contributed by atoms with Crippen LogP contribution < -0.4 is 4.74 Å². The SMILES string of the molecule is Cc1ccc(OC(=O)c2sccc2Br)cc1. The van der Waals surface area contributed by atoms with E-state index >= 15 is 0 Å². The van der Waals surface area contributed by atoms with Crippen LogP contribution in [0.25, 0.3) is 0 Å². The summed E-state index contributed by atoms with van der Waals surface area (Å²) in [4.78, 5) is 12.3. The fourth-order valence-corrected chi connectivity index (χ4v) is 2.61. The zero-order chi connectivity index (χ0) is 11.5. The largest absolute Gasteiger partial charge is 0.422 e. The van der Waals surface area contributed by atoms with Crippen molar-refractivity contribution in [2.45, 2.75) is 6.92 Å². The maximum atomic E-state index is 11.7. The summed E-state index contributed by atoms with van der Waals surface area (Å²) in [6, 6.07) is 9.22. The summed E-state index contributed by atoms with van der Waals surface area (Å²) in [6.07, 6.45) is 0. The van der Waals surface area contributed by atoms with Gasteiger partial charge in [-0.25, -0.2) is 4.79 Å². The Morgan fingerprint density at radius 3 is 2.50 bits per heavy atom. The van der Waals surface area contributed by atoms with Gasteiger partial charge in [-0.15, -0.1) is 11.3 Å². The predicted octanol–water partition coefficient (Wildman–Crippen LogP) is 4.04. The molecule has 2 aromatic rings. The van der Waals surface area contributed by atoms with Crippen LogP contribution in [0.2, 0.25) is 0 Å². The topological polar surface area (TPSA) is 26.3 Å². The number of aryl methyl sites for hydroxylation is 1. The van der Waals surface area contributed by atoms with Crippen LogP contribution in [0.5, 0.6) is 5.75 Å². The lowest BCUT2D eigenvalue weighted by Crippen LogP contribution is -2.06. The van der Waals surface area contributed by atoms with Crippen molar-refractivity contribution in [1.29, 1.82) is 0 Å². The van der Waals surface area contributed by atoms with Crippen LogP contribution in [-0.2, 0) is 0 Å². The molecule has 0 atom stereocenters. The van der Waals surface area contributed by atoms with Gasteiger partial charge in [0.15, 0.2) is 0 Å². The van der Waals surface area contributed by atoms with Gasteiger partial charge < -0.3 is 4.74 Å². The second-order valence-corrected chi connectivity index (χ2v) is 5.07. The molecule has 0 bridgehead atoms. The van der Waals surface area contributed by atoms with Gasteiger partial charge >= 0.3 is 5.97 Å². The summed E-state index contributed by atoms with van der Waals surface area (Å²) in [7, 11) is 0. The average Bonchev–Trinajstić information content (AvgIpc) is 2.68. The Kier molecular flexibility index (Phi) is 3.41. The minimum absolute atomic E-state index is 0.328. The third-order valence-electron chi connectivity index (χ3n) is 2.03. The van der Waals surface area contributed by atoms with Gasteiger partial charge in [0.2, 0.25) is 0 Å². The Hall–Kier alpha value is -1.13. The number of esters is 1. The van der Waals surface area contributed by atoms with Crippen molar-refractivity contribution in [3.63, 3.8) is 0 Å². The molecule has 0 aliphatic carbocycles. The first-order chi connectivity index (χ1) is 7.66. The van der Waals surface area contributed by atoms with Crippen LogP contribution in [-0.4, -0.2) is 5.97 Å². The number of hydrogen-bond donors (Lipinski definition) is 0. The molecule has 2 rings (SSSR count). The highest BCUT2D eigenvalue weighted by Crippen LogP contribution is 2.24. The first kappa shape index (κ1) is 11.4.